The highest BCUT2D eigenvalue weighted by molar-refractivity contribution is 6.07. The van der Waals surface area contributed by atoms with E-state index in [4.69, 9.17) is 4.74 Å². The van der Waals surface area contributed by atoms with E-state index in [2.05, 4.69) is 31.2 Å². The van der Waals surface area contributed by atoms with Gasteiger partial charge in [-0.25, -0.2) is 13.8 Å². The largest absolute Gasteiger partial charge is 0.494 e. The lowest BCUT2D eigenvalue weighted by Gasteiger charge is -2.33. The molecule has 2 fully saturated rings. The number of nitriles is 1. The number of amides is 5. The number of aromatic nitrogens is 2. The number of carboxylic acids is 3. The van der Waals surface area contributed by atoms with Crippen LogP contribution in [-0.4, -0.2) is 227 Å². The molecule has 0 spiro atoms. The lowest BCUT2D eigenvalue weighted by molar-refractivity contribution is -0.140. The smallest absolute Gasteiger partial charge is 0.317 e. The molecule has 73 heavy (non-hydrogen) atoms. The highest BCUT2D eigenvalue weighted by atomic mass is 19.3. The Kier molecular flexibility index (Phi) is 21.1. The zero-order valence-electron chi connectivity index (χ0n) is 39.6. The quantitative estimate of drug-likeness (QED) is 0.0465. The molecule has 2 aromatic heterocycles. The second-order valence-electron chi connectivity index (χ2n) is 17.3. The summed E-state index contributed by atoms with van der Waals surface area (Å²) < 4.78 is 47.1. The van der Waals surface area contributed by atoms with Gasteiger partial charge in [0.25, 0.3) is 17.7 Å². The zero-order chi connectivity index (χ0) is 53.1. The molecule has 2 aliphatic heterocycles. The summed E-state index contributed by atoms with van der Waals surface area (Å²) in [5.41, 5.74) is 0.548. The maximum absolute atomic E-state index is 13.9. The van der Waals surface area contributed by atoms with Crippen LogP contribution < -0.4 is 26.0 Å². The molecular formula is C46H57F3N12O12. The lowest BCUT2D eigenvalue weighted by Crippen LogP contribution is -2.53. The van der Waals surface area contributed by atoms with Gasteiger partial charge in [-0.05, 0) is 49.2 Å². The molecule has 0 unspecified atom stereocenters. The summed E-state index contributed by atoms with van der Waals surface area (Å²) in [6.07, 6.45) is 1.74. The summed E-state index contributed by atoms with van der Waals surface area (Å²) >= 11 is 0. The highest BCUT2D eigenvalue weighted by Crippen LogP contribution is 2.31. The average Bonchev–Trinajstić information content (AvgIpc) is 3.67. The predicted octanol–water partition coefficient (Wildman–Crippen LogP) is -1.08. The molecule has 24 nitrogen and oxygen atoms in total. The van der Waals surface area contributed by atoms with Crippen LogP contribution in [0.2, 0.25) is 0 Å². The van der Waals surface area contributed by atoms with Crippen molar-refractivity contribution in [2.24, 2.45) is 0 Å². The SMILES string of the molecule is N#C[C@@H]1CC(F)(F)CN1C(=O)CNC(=O)c1ccnc2ccc(OCCCNC(=O)[C@H](CCNC(=O)c3ccc(F)nc3)NC(=O)CN3CCN(CC(=O)O)CCN(CC(=O)O)CCN(CC(=O)O)CC3)cc12. The fourth-order valence-electron chi connectivity index (χ4n) is 8.00. The van der Waals surface area contributed by atoms with Gasteiger partial charge in [0.2, 0.25) is 23.7 Å². The van der Waals surface area contributed by atoms with Crippen molar-refractivity contribution in [2.75, 3.05) is 111 Å². The molecule has 4 heterocycles. The first-order valence-electron chi connectivity index (χ1n) is 23.2. The molecule has 5 amide bonds. The van der Waals surface area contributed by atoms with Gasteiger partial charge in [-0.3, -0.25) is 62.9 Å². The third-order valence-corrected chi connectivity index (χ3v) is 11.7. The molecular weight excluding hydrogens is 970 g/mol. The number of halogens is 3. The maximum Gasteiger partial charge on any atom is 0.317 e. The first-order chi connectivity index (χ1) is 34.8. The summed E-state index contributed by atoms with van der Waals surface area (Å²) in [6.45, 7) is -1.75. The number of benzene rings is 1. The number of likely N-dealkylation sites (tertiary alicyclic amines) is 1. The van der Waals surface area contributed by atoms with Crippen LogP contribution in [0.25, 0.3) is 10.9 Å². The molecule has 27 heteroatoms. The molecule has 2 atom stereocenters. The molecule has 2 aliphatic rings. The van der Waals surface area contributed by atoms with Gasteiger partial charge in [-0.15, -0.1) is 0 Å². The minimum Gasteiger partial charge on any atom is -0.494 e. The Morgan fingerprint density at radius 2 is 1.37 bits per heavy atom. The number of rotatable bonds is 22. The van der Waals surface area contributed by atoms with Crippen LogP contribution in [0.3, 0.4) is 0 Å². The van der Waals surface area contributed by atoms with E-state index in [1.165, 1.54) is 24.4 Å². The number of carbonyl (C=O) groups excluding carboxylic acids is 5. The van der Waals surface area contributed by atoms with E-state index in [-0.39, 0.29) is 122 Å². The van der Waals surface area contributed by atoms with Gasteiger partial charge in [0, 0.05) is 89.6 Å². The molecule has 1 aromatic carbocycles. The Morgan fingerprint density at radius 1 is 0.767 bits per heavy atom. The number of pyridine rings is 2. The standard InChI is InChI=1S/C46H57F3N12O12/c47-37-5-2-30(23-54-37)43(70)53-10-7-36(56-38(62)25-57-11-13-58(26-40(64)65)15-17-60(28-42(68)69)18-16-59(14-12-57)27-41(66)67)45(72)52-8-1-19-73-32-3-4-35-34(20-32)33(6-9-51-35)44(71)55-24-39(63)61-29-46(48,49)21-31(61)22-50/h2-6,9,20,23,31,36H,1,7-8,10-19,21,24-29H2,(H,52,72)(H,53,70)(H,55,71)(H,56,62)(H,64,65)(H,66,67)(H,68,69)/t31-,36-/m0/s1. The highest BCUT2D eigenvalue weighted by Gasteiger charge is 2.47. The first-order valence-corrected chi connectivity index (χ1v) is 23.2. The van der Waals surface area contributed by atoms with E-state index in [9.17, 15) is 72.1 Å². The summed E-state index contributed by atoms with van der Waals surface area (Å²) in [6, 6.07) is 7.49. The number of nitrogens with zero attached hydrogens (tertiary/aromatic N) is 8. The van der Waals surface area contributed by atoms with Gasteiger partial charge in [0.1, 0.15) is 17.8 Å². The van der Waals surface area contributed by atoms with Crippen molar-refractivity contribution in [2.45, 2.75) is 37.3 Å². The number of carbonyl (C=O) groups is 8. The van der Waals surface area contributed by atoms with Gasteiger partial charge >= 0.3 is 17.9 Å². The van der Waals surface area contributed by atoms with Crippen LogP contribution in [0.1, 0.15) is 40.0 Å². The zero-order valence-corrected chi connectivity index (χ0v) is 39.6. The summed E-state index contributed by atoms with van der Waals surface area (Å²) in [7, 11) is 0. The van der Waals surface area contributed by atoms with Gasteiger partial charge in [0.15, 0.2) is 0 Å². The van der Waals surface area contributed by atoms with Gasteiger partial charge < -0.3 is 46.2 Å². The summed E-state index contributed by atoms with van der Waals surface area (Å²) in [5.74, 6) is -10.5. The molecule has 0 aliphatic carbocycles. The van der Waals surface area contributed by atoms with Crippen molar-refractivity contribution in [3.63, 3.8) is 0 Å². The number of alkyl halides is 2. The normalized spacial score (nSPS) is 17.5. The topological polar surface area (TPSA) is 320 Å². The number of aliphatic carboxylic acids is 3. The van der Waals surface area contributed by atoms with Crippen molar-refractivity contribution in [3.8, 4) is 11.8 Å². The van der Waals surface area contributed by atoms with Crippen molar-refractivity contribution < 1.29 is 71.6 Å². The van der Waals surface area contributed by atoms with Gasteiger partial charge in [-0.2, -0.15) is 9.65 Å². The van der Waals surface area contributed by atoms with Crippen LogP contribution in [0.5, 0.6) is 5.75 Å². The Hall–Kier alpha value is -7.54. The van der Waals surface area contributed by atoms with Gasteiger partial charge in [-0.1, -0.05) is 0 Å². The van der Waals surface area contributed by atoms with Crippen LogP contribution in [0.15, 0.2) is 48.8 Å². The number of fused-ring (bicyclic) bond motifs is 1. The van der Waals surface area contributed by atoms with Crippen molar-refractivity contribution in [1.82, 2.24) is 55.7 Å². The van der Waals surface area contributed by atoms with Crippen molar-refractivity contribution >= 4 is 58.3 Å². The predicted molar refractivity (Wildman–Crippen MR) is 250 cm³/mol. The third kappa shape index (κ3) is 18.5. The van der Waals surface area contributed by atoms with Crippen LogP contribution >= 0.6 is 0 Å². The minimum atomic E-state index is -3.22. The van der Waals surface area contributed by atoms with E-state index >= 15 is 0 Å². The third-order valence-electron chi connectivity index (χ3n) is 11.7. The average molecular weight is 1030 g/mol. The first kappa shape index (κ1) is 56.4. The Morgan fingerprint density at radius 3 is 1.93 bits per heavy atom. The summed E-state index contributed by atoms with van der Waals surface area (Å²) in [5, 5.41) is 48.6. The van der Waals surface area contributed by atoms with Crippen LogP contribution in [-0.2, 0) is 28.8 Å². The van der Waals surface area contributed by atoms with Crippen molar-refractivity contribution in [1.29, 1.82) is 5.26 Å². The van der Waals surface area contributed by atoms with E-state index < -0.39 is 90.9 Å². The molecule has 5 rings (SSSR count). The molecule has 3 aromatic rings. The fraction of sp³-hybridized carbons (Fsp3) is 0.500. The number of carboxylic acid groups (broad SMARTS) is 3. The number of hydrogen-bond donors (Lipinski definition) is 7. The molecule has 0 saturated carbocycles. The van der Waals surface area contributed by atoms with E-state index in [1.807, 2.05) is 0 Å². The van der Waals surface area contributed by atoms with Crippen LogP contribution in [0.4, 0.5) is 13.2 Å². The molecule has 394 valence electrons. The second kappa shape index (κ2) is 27.3. The maximum atomic E-state index is 13.9. The number of nitrogens with one attached hydrogen (secondary N) is 4. The number of ether oxygens (including phenoxy) is 1. The van der Waals surface area contributed by atoms with E-state index in [0.29, 0.717) is 16.7 Å². The molecule has 0 radical (unpaired) electrons. The van der Waals surface area contributed by atoms with Gasteiger partial charge in [0.05, 0.1) is 68.6 Å². The molecule has 0 bridgehead atoms. The Labute approximate surface area is 416 Å². The lowest BCUT2D eigenvalue weighted by atomic mass is 10.1. The molecule has 2 saturated heterocycles. The van der Waals surface area contributed by atoms with Crippen molar-refractivity contribution in [3.05, 3.63) is 65.9 Å². The van der Waals surface area contributed by atoms with Crippen LogP contribution in [0, 0.1) is 17.3 Å². The summed E-state index contributed by atoms with van der Waals surface area (Å²) in [4.78, 5) is 116. The minimum absolute atomic E-state index is 0.0418. The second-order valence-corrected chi connectivity index (χ2v) is 17.3. The monoisotopic (exact) mass is 1030 g/mol. The fourth-order valence-corrected chi connectivity index (χ4v) is 8.00. The Balaban J connectivity index is 1.20. The van der Waals surface area contributed by atoms with E-state index in [0.717, 1.165) is 17.2 Å². The molecule has 7 N–H and O–H groups in total. The Bertz CT molecular complexity index is 2470. The number of hydrogen-bond acceptors (Lipinski definition) is 16. The van der Waals surface area contributed by atoms with E-state index in [1.54, 1.807) is 37.8 Å².